The van der Waals surface area contributed by atoms with E-state index < -0.39 is 0 Å². The van der Waals surface area contributed by atoms with E-state index in [9.17, 15) is 0 Å². The van der Waals surface area contributed by atoms with Crippen molar-refractivity contribution in [3.8, 4) is 0 Å². The smallest absolute Gasteiger partial charge is 0.158 e. The Morgan fingerprint density at radius 3 is 2.57 bits per heavy atom. The van der Waals surface area contributed by atoms with Crippen LogP contribution in [-0.4, -0.2) is 31.2 Å². The van der Waals surface area contributed by atoms with Gasteiger partial charge in [-0.15, -0.1) is 0 Å². The molecule has 0 fully saturated rings. The van der Waals surface area contributed by atoms with E-state index in [0.717, 1.165) is 11.4 Å². The van der Waals surface area contributed by atoms with E-state index in [0.29, 0.717) is 24.1 Å². The molecule has 21 heavy (non-hydrogen) atoms. The number of methoxy groups -OCH3 is 1. The summed E-state index contributed by atoms with van der Waals surface area (Å²) >= 11 is 0. The molecular weight excluding hydrogens is 268 g/mol. The van der Waals surface area contributed by atoms with E-state index in [4.69, 9.17) is 10.6 Å². The molecule has 0 aliphatic heterocycles. The molecule has 0 unspecified atom stereocenters. The van der Waals surface area contributed by atoms with Crippen molar-refractivity contribution in [2.24, 2.45) is 5.84 Å². The minimum atomic E-state index is 0.319. The fourth-order valence-corrected chi connectivity index (χ4v) is 1.94. The van der Waals surface area contributed by atoms with Gasteiger partial charge in [-0.3, -0.25) is 0 Å². The van der Waals surface area contributed by atoms with Crippen LogP contribution in [0.2, 0.25) is 0 Å². The molecule has 0 atom stereocenters. The molecule has 1 aromatic carbocycles. The third-order valence-corrected chi connectivity index (χ3v) is 2.84. The topological polar surface area (TPSA) is 88.3 Å². The third kappa shape index (κ3) is 3.80. The average molecular weight is 288 g/mol. The third-order valence-electron chi connectivity index (χ3n) is 2.84. The first kappa shape index (κ1) is 15.0. The van der Waals surface area contributed by atoms with Crippen LogP contribution in [0, 0.1) is 0 Å². The molecule has 0 saturated carbocycles. The number of benzene rings is 1. The number of anilines is 4. The molecule has 4 N–H and O–H groups in total. The molecule has 1 aromatic heterocycles. The predicted molar refractivity (Wildman–Crippen MR) is 84.6 cm³/mol. The van der Waals surface area contributed by atoms with E-state index in [2.05, 4.69) is 20.7 Å². The summed E-state index contributed by atoms with van der Waals surface area (Å²) in [7, 11) is 5.58. The quantitative estimate of drug-likeness (QED) is 0.551. The zero-order valence-electron chi connectivity index (χ0n) is 12.4. The van der Waals surface area contributed by atoms with Crippen LogP contribution in [0.1, 0.15) is 5.82 Å². The molecule has 1 heterocycles. The first-order valence-corrected chi connectivity index (χ1v) is 6.51. The van der Waals surface area contributed by atoms with Gasteiger partial charge in [-0.05, 0) is 12.1 Å². The fraction of sp³-hybridized carbons (Fsp3) is 0.286. The van der Waals surface area contributed by atoms with Crippen molar-refractivity contribution in [3.63, 3.8) is 0 Å². The zero-order chi connectivity index (χ0) is 15.2. The number of rotatable bonds is 6. The molecule has 0 bridgehead atoms. The van der Waals surface area contributed by atoms with Gasteiger partial charge in [0.2, 0.25) is 0 Å². The zero-order valence-corrected chi connectivity index (χ0v) is 12.4. The summed E-state index contributed by atoms with van der Waals surface area (Å²) in [5, 5.41) is 3.28. The number of ether oxygens (including phenoxy) is 1. The summed E-state index contributed by atoms with van der Waals surface area (Å²) in [4.78, 5) is 10.7. The highest BCUT2D eigenvalue weighted by molar-refractivity contribution is 5.74. The molecule has 0 aliphatic rings. The second-order valence-corrected chi connectivity index (χ2v) is 4.67. The van der Waals surface area contributed by atoms with Gasteiger partial charge in [0.25, 0.3) is 0 Å². The molecule has 2 aromatic rings. The van der Waals surface area contributed by atoms with Gasteiger partial charge in [0.15, 0.2) is 5.82 Å². The Bertz CT molecular complexity index is 602. The maximum atomic E-state index is 5.44. The molecule has 0 radical (unpaired) electrons. The largest absolute Gasteiger partial charge is 0.377 e. The first-order valence-electron chi connectivity index (χ1n) is 6.51. The highest BCUT2D eigenvalue weighted by Gasteiger charge is 2.08. The van der Waals surface area contributed by atoms with Crippen LogP contribution in [0.5, 0.6) is 0 Å². The van der Waals surface area contributed by atoms with Gasteiger partial charge in [0.1, 0.15) is 18.2 Å². The van der Waals surface area contributed by atoms with Gasteiger partial charge in [-0.2, -0.15) is 0 Å². The van der Waals surface area contributed by atoms with E-state index in [1.165, 1.54) is 0 Å². The normalized spacial score (nSPS) is 10.3. The number of nitrogens with zero attached hydrogens (tertiary/aromatic N) is 3. The number of hydrogen-bond acceptors (Lipinski definition) is 7. The van der Waals surface area contributed by atoms with Gasteiger partial charge in [-0.1, -0.05) is 12.1 Å². The maximum Gasteiger partial charge on any atom is 0.158 e. The van der Waals surface area contributed by atoms with Crippen molar-refractivity contribution in [1.82, 2.24) is 9.97 Å². The summed E-state index contributed by atoms with van der Waals surface area (Å²) in [6.45, 7) is 0.319. The predicted octanol–water partition coefficient (Wildman–Crippen LogP) is 1.72. The standard InChI is InChI=1S/C14H20N6O/c1-20(2)11-7-5-4-6-10(11)16-12-8-13(19-15)18-14(17-12)9-21-3/h4-8H,9,15H2,1-3H3,(H2,16,17,18,19). The Labute approximate surface area is 124 Å². The van der Waals surface area contributed by atoms with Crippen molar-refractivity contribution in [3.05, 3.63) is 36.2 Å². The SMILES string of the molecule is COCc1nc(NN)cc(Nc2ccccc2N(C)C)n1. The van der Waals surface area contributed by atoms with E-state index in [1.807, 2.05) is 43.3 Å². The van der Waals surface area contributed by atoms with Gasteiger partial charge in [0.05, 0.1) is 11.4 Å². The van der Waals surface area contributed by atoms with Crippen molar-refractivity contribution < 1.29 is 4.74 Å². The number of aromatic nitrogens is 2. The monoisotopic (exact) mass is 288 g/mol. The lowest BCUT2D eigenvalue weighted by atomic mass is 10.2. The van der Waals surface area contributed by atoms with Crippen LogP contribution < -0.4 is 21.5 Å². The van der Waals surface area contributed by atoms with E-state index in [-0.39, 0.29) is 0 Å². The van der Waals surface area contributed by atoms with E-state index in [1.54, 1.807) is 13.2 Å². The molecule has 112 valence electrons. The Morgan fingerprint density at radius 2 is 1.90 bits per heavy atom. The van der Waals surface area contributed by atoms with Gasteiger partial charge in [-0.25, -0.2) is 15.8 Å². The molecule has 0 aliphatic carbocycles. The summed E-state index contributed by atoms with van der Waals surface area (Å²) in [5.41, 5.74) is 4.55. The number of nitrogen functional groups attached to an aromatic ring is 1. The van der Waals surface area contributed by atoms with Crippen LogP contribution in [-0.2, 0) is 11.3 Å². The Hall–Kier alpha value is -2.38. The summed E-state index contributed by atoms with van der Waals surface area (Å²) in [6.07, 6.45) is 0. The highest BCUT2D eigenvalue weighted by Crippen LogP contribution is 2.27. The van der Waals surface area contributed by atoms with Gasteiger partial charge >= 0.3 is 0 Å². The minimum Gasteiger partial charge on any atom is -0.377 e. The van der Waals surface area contributed by atoms with Crippen LogP contribution in [0.4, 0.5) is 23.0 Å². The lowest BCUT2D eigenvalue weighted by Crippen LogP contribution is -2.13. The van der Waals surface area contributed by atoms with Crippen LogP contribution in [0.15, 0.2) is 30.3 Å². The van der Waals surface area contributed by atoms with Crippen LogP contribution in [0.3, 0.4) is 0 Å². The average Bonchev–Trinajstić information content (AvgIpc) is 2.47. The second kappa shape index (κ2) is 6.87. The molecule has 2 rings (SSSR count). The van der Waals surface area contributed by atoms with Crippen molar-refractivity contribution in [1.29, 1.82) is 0 Å². The molecular formula is C14H20N6O. The minimum absolute atomic E-state index is 0.319. The molecule has 0 amide bonds. The van der Waals surface area contributed by atoms with Crippen LogP contribution >= 0.6 is 0 Å². The highest BCUT2D eigenvalue weighted by atomic mass is 16.5. The van der Waals surface area contributed by atoms with Gasteiger partial charge in [0, 0.05) is 27.3 Å². The second-order valence-electron chi connectivity index (χ2n) is 4.67. The summed E-state index contributed by atoms with van der Waals surface area (Å²) in [5.74, 6) is 7.17. The Kier molecular flexibility index (Phi) is 4.91. The molecule has 7 nitrogen and oxygen atoms in total. The lowest BCUT2D eigenvalue weighted by Gasteiger charge is -2.18. The number of hydrogen-bond donors (Lipinski definition) is 3. The number of para-hydroxylation sites is 2. The lowest BCUT2D eigenvalue weighted by molar-refractivity contribution is 0.178. The van der Waals surface area contributed by atoms with Crippen molar-refractivity contribution in [2.45, 2.75) is 6.61 Å². The molecule has 0 spiro atoms. The number of nitrogens with two attached hydrogens (primary N) is 1. The molecule has 7 heteroatoms. The van der Waals surface area contributed by atoms with Crippen LogP contribution in [0.25, 0.3) is 0 Å². The van der Waals surface area contributed by atoms with Crippen molar-refractivity contribution >= 4 is 23.0 Å². The summed E-state index contributed by atoms with van der Waals surface area (Å²) in [6, 6.07) is 9.72. The number of nitrogens with one attached hydrogen (secondary N) is 2. The van der Waals surface area contributed by atoms with E-state index >= 15 is 0 Å². The molecule has 0 saturated heterocycles. The Balaban J connectivity index is 2.32. The Morgan fingerprint density at radius 1 is 1.19 bits per heavy atom. The summed E-state index contributed by atoms with van der Waals surface area (Å²) < 4.78 is 5.06. The van der Waals surface area contributed by atoms with Crippen molar-refractivity contribution in [2.75, 3.05) is 36.8 Å². The van der Waals surface area contributed by atoms with Gasteiger partial charge < -0.3 is 20.4 Å². The first-order chi connectivity index (χ1) is 10.1. The maximum absolute atomic E-state index is 5.44. The fourth-order valence-electron chi connectivity index (χ4n) is 1.94. The number of hydrazine groups is 1.